The first-order chi connectivity index (χ1) is 8.94. The largest absolute Gasteiger partial charge is 0.394 e. The maximum absolute atomic E-state index is 6.07. The molecular formula is C13H12Cl2N4. The maximum Gasteiger partial charge on any atom is 0.169 e. The summed E-state index contributed by atoms with van der Waals surface area (Å²) >= 11 is 12.1. The van der Waals surface area contributed by atoms with Gasteiger partial charge in [-0.3, -0.25) is 4.68 Å². The van der Waals surface area contributed by atoms with Gasteiger partial charge in [-0.1, -0.05) is 23.2 Å². The fourth-order valence-corrected chi connectivity index (χ4v) is 4.09. The monoisotopic (exact) mass is 294 g/mol. The molecule has 0 radical (unpaired) electrons. The van der Waals surface area contributed by atoms with Gasteiger partial charge in [0, 0.05) is 21.9 Å². The van der Waals surface area contributed by atoms with Gasteiger partial charge in [0.1, 0.15) is 0 Å². The van der Waals surface area contributed by atoms with Gasteiger partial charge in [0.25, 0.3) is 0 Å². The minimum atomic E-state index is -0.0327. The first kappa shape index (κ1) is 11.4. The Bertz CT molecular complexity index is 703. The topological polar surface area (TPSA) is 69.9 Å². The molecule has 1 aliphatic carbocycles. The smallest absolute Gasteiger partial charge is 0.169 e. The molecule has 98 valence electrons. The van der Waals surface area contributed by atoms with Crippen molar-refractivity contribution in [3.05, 3.63) is 39.5 Å². The molecule has 1 aliphatic heterocycles. The highest BCUT2D eigenvalue weighted by molar-refractivity contribution is 6.34. The molecule has 2 unspecified atom stereocenters. The summed E-state index contributed by atoms with van der Waals surface area (Å²) in [7, 11) is 0. The van der Waals surface area contributed by atoms with Gasteiger partial charge in [-0.25, -0.2) is 0 Å². The predicted molar refractivity (Wildman–Crippen MR) is 76.6 cm³/mol. The molecule has 2 heterocycles. The third kappa shape index (κ3) is 1.19. The van der Waals surface area contributed by atoms with Gasteiger partial charge < -0.3 is 11.5 Å². The molecule has 0 amide bonds. The van der Waals surface area contributed by atoms with E-state index in [1.807, 2.05) is 16.8 Å². The molecule has 1 fully saturated rings. The van der Waals surface area contributed by atoms with E-state index in [0.717, 1.165) is 11.3 Å². The van der Waals surface area contributed by atoms with Crippen molar-refractivity contribution in [1.29, 1.82) is 0 Å². The Hall–Kier alpha value is -1.39. The molecule has 1 aromatic carbocycles. The van der Waals surface area contributed by atoms with Crippen molar-refractivity contribution in [1.82, 2.24) is 9.78 Å². The normalized spacial score (nSPS) is 30.5. The number of rotatable bonds is 1. The highest BCUT2D eigenvalue weighted by Gasteiger charge is 2.74. The van der Waals surface area contributed by atoms with Crippen molar-refractivity contribution in [2.24, 2.45) is 0 Å². The highest BCUT2D eigenvalue weighted by Crippen LogP contribution is 2.76. The number of halogens is 2. The van der Waals surface area contributed by atoms with Crippen LogP contribution in [0.2, 0.25) is 10.0 Å². The highest BCUT2D eigenvalue weighted by atomic mass is 35.5. The van der Waals surface area contributed by atoms with Crippen LogP contribution in [0, 0.1) is 0 Å². The van der Waals surface area contributed by atoms with E-state index in [9.17, 15) is 0 Å². The summed E-state index contributed by atoms with van der Waals surface area (Å²) in [6, 6.07) is 5.66. The summed E-state index contributed by atoms with van der Waals surface area (Å²) in [5.74, 6) is 1.12. The number of nitrogen functional groups attached to an aromatic ring is 2. The third-order valence-electron chi connectivity index (χ3n) is 4.47. The average Bonchev–Trinajstić information content (AvgIpc) is 2.74. The van der Waals surface area contributed by atoms with E-state index >= 15 is 0 Å². The fourth-order valence-electron chi connectivity index (χ4n) is 3.54. The van der Waals surface area contributed by atoms with Crippen molar-refractivity contribution < 1.29 is 0 Å². The van der Waals surface area contributed by atoms with Gasteiger partial charge in [-0.05, 0) is 30.7 Å². The lowest BCUT2D eigenvalue weighted by Gasteiger charge is -2.24. The van der Waals surface area contributed by atoms with E-state index in [2.05, 4.69) is 12.0 Å². The Labute approximate surface area is 120 Å². The molecule has 4 rings (SSSR count). The van der Waals surface area contributed by atoms with E-state index in [4.69, 9.17) is 34.7 Å². The van der Waals surface area contributed by atoms with Crippen molar-refractivity contribution in [2.45, 2.75) is 24.3 Å². The molecule has 0 bridgehead atoms. The van der Waals surface area contributed by atoms with Gasteiger partial charge in [-0.15, -0.1) is 0 Å². The molecule has 3 atom stereocenters. The van der Waals surface area contributed by atoms with Crippen LogP contribution in [0.3, 0.4) is 0 Å². The van der Waals surface area contributed by atoms with Crippen LogP contribution in [-0.2, 0) is 5.54 Å². The molecule has 19 heavy (non-hydrogen) atoms. The van der Waals surface area contributed by atoms with Gasteiger partial charge in [0.2, 0.25) is 0 Å². The van der Waals surface area contributed by atoms with Gasteiger partial charge in [-0.2, -0.15) is 5.10 Å². The zero-order chi connectivity index (χ0) is 13.5. The van der Waals surface area contributed by atoms with Crippen LogP contribution in [0.4, 0.5) is 11.5 Å². The summed E-state index contributed by atoms with van der Waals surface area (Å²) in [5, 5.41) is 5.63. The van der Waals surface area contributed by atoms with Crippen LogP contribution < -0.4 is 11.5 Å². The summed E-state index contributed by atoms with van der Waals surface area (Å²) < 4.78 is 1.95. The molecule has 6 heteroatoms. The molecule has 1 aromatic heterocycles. The lowest BCUT2D eigenvalue weighted by Crippen LogP contribution is -2.28. The van der Waals surface area contributed by atoms with Crippen LogP contribution in [0.25, 0.3) is 0 Å². The number of hydrogen-bond acceptors (Lipinski definition) is 3. The van der Waals surface area contributed by atoms with Crippen molar-refractivity contribution in [3.8, 4) is 0 Å². The van der Waals surface area contributed by atoms with E-state index in [1.165, 1.54) is 0 Å². The molecule has 1 saturated carbocycles. The van der Waals surface area contributed by atoms with Crippen molar-refractivity contribution in [2.75, 3.05) is 11.5 Å². The standard InChI is InChI=1S/C13H12Cl2N4/c1-13-8(5-2-6(14)4-7(15)3-5)9(13)11-10(16)12(17)18-19(11)13/h2-4,8-9H,16H2,1H3,(H2,17,18)/t8?,9-,13?/m0/s1. The number of hydrogen-bond donors (Lipinski definition) is 2. The van der Waals surface area contributed by atoms with Crippen LogP contribution in [0.5, 0.6) is 0 Å². The second kappa shape index (κ2) is 3.19. The SMILES string of the molecule is CC12C(c3cc(Cl)cc(Cl)c3)[C@H]1c1c(N)c(N)nn12. The molecular weight excluding hydrogens is 283 g/mol. The molecule has 4 nitrogen and oxygen atoms in total. The second-order valence-corrected chi connectivity index (χ2v) is 6.35. The van der Waals surface area contributed by atoms with Crippen LogP contribution >= 0.6 is 23.2 Å². The van der Waals surface area contributed by atoms with Gasteiger partial charge in [0.05, 0.1) is 16.9 Å². The zero-order valence-electron chi connectivity index (χ0n) is 10.2. The average molecular weight is 295 g/mol. The Morgan fingerprint density at radius 1 is 1.16 bits per heavy atom. The van der Waals surface area contributed by atoms with Crippen LogP contribution in [-0.4, -0.2) is 9.78 Å². The molecule has 0 saturated heterocycles. The van der Waals surface area contributed by atoms with E-state index in [1.54, 1.807) is 6.07 Å². The lowest BCUT2D eigenvalue weighted by molar-refractivity contribution is 0.371. The molecule has 2 aliphatic rings. The predicted octanol–water partition coefficient (Wildman–Crippen LogP) is 2.96. The summed E-state index contributed by atoms with van der Waals surface area (Å²) in [5.41, 5.74) is 14.5. The number of anilines is 2. The second-order valence-electron chi connectivity index (χ2n) is 5.48. The summed E-state index contributed by atoms with van der Waals surface area (Å²) in [6.07, 6.45) is 0. The quantitative estimate of drug-likeness (QED) is 0.849. The Kier molecular flexibility index (Phi) is 1.92. The first-order valence-electron chi connectivity index (χ1n) is 6.05. The van der Waals surface area contributed by atoms with E-state index in [0.29, 0.717) is 33.4 Å². The minimum Gasteiger partial charge on any atom is -0.394 e. The van der Waals surface area contributed by atoms with Crippen molar-refractivity contribution >= 4 is 34.7 Å². The minimum absolute atomic E-state index is 0.0327. The Morgan fingerprint density at radius 2 is 1.79 bits per heavy atom. The van der Waals surface area contributed by atoms with Gasteiger partial charge in [0.15, 0.2) is 5.82 Å². The number of fused-ring (bicyclic) bond motifs is 4. The van der Waals surface area contributed by atoms with Crippen LogP contribution in [0.15, 0.2) is 18.2 Å². The van der Waals surface area contributed by atoms with Gasteiger partial charge >= 0.3 is 0 Å². The number of benzene rings is 1. The first-order valence-corrected chi connectivity index (χ1v) is 6.80. The van der Waals surface area contributed by atoms with Crippen LogP contribution in [0.1, 0.15) is 30.0 Å². The number of aromatic nitrogens is 2. The molecule has 4 N–H and O–H groups in total. The summed E-state index contributed by atoms with van der Waals surface area (Å²) in [6.45, 7) is 2.16. The Balaban J connectivity index is 1.79. The number of nitrogens with two attached hydrogens (primary N) is 2. The lowest BCUT2D eigenvalue weighted by atomic mass is 10.1. The Morgan fingerprint density at radius 3 is 2.37 bits per heavy atom. The van der Waals surface area contributed by atoms with E-state index in [-0.39, 0.29) is 5.54 Å². The maximum atomic E-state index is 6.07. The molecule has 2 aromatic rings. The van der Waals surface area contributed by atoms with E-state index < -0.39 is 0 Å². The zero-order valence-corrected chi connectivity index (χ0v) is 11.7. The third-order valence-corrected chi connectivity index (χ3v) is 4.90. The fraction of sp³-hybridized carbons (Fsp3) is 0.308. The summed E-state index contributed by atoms with van der Waals surface area (Å²) in [4.78, 5) is 0. The molecule has 0 spiro atoms. The number of nitrogens with zero attached hydrogens (tertiary/aromatic N) is 2. The van der Waals surface area contributed by atoms with Crippen molar-refractivity contribution in [3.63, 3.8) is 0 Å².